The molecule has 2 aromatic carbocycles. The summed E-state index contributed by atoms with van der Waals surface area (Å²) in [6, 6.07) is 11.1. The number of para-hydroxylation sites is 1. The summed E-state index contributed by atoms with van der Waals surface area (Å²) in [4.78, 5) is 1.72. The number of alkyl halides is 1. The summed E-state index contributed by atoms with van der Waals surface area (Å²) in [7, 11) is 0. The number of hydrogen-bond donors (Lipinski definition) is 0. The average Bonchev–Trinajstić information content (AvgIpc) is 2.42. The fourth-order valence-electron chi connectivity index (χ4n) is 2.07. The van der Waals surface area contributed by atoms with E-state index in [1.54, 1.807) is 35.2 Å². The largest absolute Gasteiger partial charge is 0.339 e. The number of rotatable bonds is 4. The molecule has 0 aromatic heterocycles. The Labute approximate surface area is 116 Å². The predicted octanol–water partition coefficient (Wildman–Crippen LogP) is 4.86. The molecule has 0 heterocycles. The van der Waals surface area contributed by atoms with E-state index < -0.39 is 0 Å². The van der Waals surface area contributed by atoms with Crippen LogP contribution in [0.15, 0.2) is 42.5 Å². The van der Waals surface area contributed by atoms with Gasteiger partial charge >= 0.3 is 0 Å². The fourth-order valence-corrected chi connectivity index (χ4v) is 2.34. The van der Waals surface area contributed by atoms with Crippen molar-refractivity contribution in [3.05, 3.63) is 59.7 Å². The molecule has 0 aliphatic carbocycles. The van der Waals surface area contributed by atoms with E-state index in [0.717, 1.165) is 0 Å². The van der Waals surface area contributed by atoms with Crippen LogP contribution >= 0.6 is 11.6 Å². The predicted molar refractivity (Wildman–Crippen MR) is 75.0 cm³/mol. The van der Waals surface area contributed by atoms with E-state index in [1.807, 2.05) is 6.92 Å². The molecule has 2 aromatic rings. The Kier molecular flexibility index (Phi) is 4.38. The van der Waals surface area contributed by atoms with Crippen LogP contribution in [0.2, 0.25) is 0 Å². The van der Waals surface area contributed by atoms with Crippen molar-refractivity contribution in [3.8, 4) is 0 Å². The van der Waals surface area contributed by atoms with Crippen LogP contribution in [0.3, 0.4) is 0 Å². The minimum Gasteiger partial charge on any atom is -0.339 e. The Morgan fingerprint density at radius 2 is 1.58 bits per heavy atom. The highest BCUT2D eigenvalue weighted by atomic mass is 35.5. The van der Waals surface area contributed by atoms with Gasteiger partial charge in [0.25, 0.3) is 0 Å². The first-order chi connectivity index (χ1) is 9.19. The molecule has 0 saturated heterocycles. The lowest BCUT2D eigenvalue weighted by Crippen LogP contribution is -2.19. The molecule has 4 heteroatoms. The zero-order valence-corrected chi connectivity index (χ0v) is 11.3. The lowest BCUT2D eigenvalue weighted by molar-refractivity contribution is 0.614. The van der Waals surface area contributed by atoms with Gasteiger partial charge in [-0.3, -0.25) is 0 Å². The van der Waals surface area contributed by atoms with Crippen LogP contribution in [0.25, 0.3) is 0 Å². The topological polar surface area (TPSA) is 3.24 Å². The zero-order valence-electron chi connectivity index (χ0n) is 10.5. The average molecular weight is 282 g/mol. The van der Waals surface area contributed by atoms with Gasteiger partial charge in [0.15, 0.2) is 0 Å². The monoisotopic (exact) mass is 281 g/mol. The van der Waals surface area contributed by atoms with Crippen molar-refractivity contribution in [2.75, 3.05) is 11.4 Å². The van der Waals surface area contributed by atoms with Crippen LogP contribution in [-0.2, 0) is 5.88 Å². The Bertz CT molecular complexity index is 572. The second-order valence-corrected chi connectivity index (χ2v) is 4.33. The summed E-state index contributed by atoms with van der Waals surface area (Å²) in [5.41, 5.74) is 1.40. The molecule has 19 heavy (non-hydrogen) atoms. The molecular weight excluding hydrogens is 268 g/mol. The highest BCUT2D eigenvalue weighted by Crippen LogP contribution is 2.32. The maximum atomic E-state index is 13.9. The van der Waals surface area contributed by atoms with Crippen LogP contribution in [0.4, 0.5) is 20.2 Å². The van der Waals surface area contributed by atoms with Crippen LogP contribution in [0, 0.1) is 11.6 Å². The summed E-state index contributed by atoms with van der Waals surface area (Å²) in [6.45, 7) is 2.41. The molecule has 0 bridgehead atoms. The smallest absolute Gasteiger partial charge is 0.146 e. The molecule has 0 aliphatic rings. The maximum Gasteiger partial charge on any atom is 0.146 e. The van der Waals surface area contributed by atoms with Crippen molar-refractivity contribution in [1.29, 1.82) is 0 Å². The molecular formula is C15H14ClF2N. The molecule has 0 fully saturated rings. The number of nitrogens with zero attached hydrogens (tertiary/aromatic N) is 1. The Morgan fingerprint density at radius 3 is 2.21 bits per heavy atom. The van der Waals surface area contributed by atoms with E-state index in [9.17, 15) is 8.78 Å². The van der Waals surface area contributed by atoms with Gasteiger partial charge in [0.2, 0.25) is 0 Å². The van der Waals surface area contributed by atoms with Crippen LogP contribution < -0.4 is 4.90 Å². The summed E-state index contributed by atoms with van der Waals surface area (Å²) in [5, 5.41) is 0. The van der Waals surface area contributed by atoms with E-state index in [4.69, 9.17) is 11.6 Å². The van der Waals surface area contributed by atoms with Gasteiger partial charge in [-0.25, -0.2) is 8.78 Å². The first kappa shape index (κ1) is 13.8. The van der Waals surface area contributed by atoms with E-state index in [1.165, 1.54) is 12.1 Å². The van der Waals surface area contributed by atoms with E-state index in [0.29, 0.717) is 23.5 Å². The summed E-state index contributed by atoms with van der Waals surface area (Å²) < 4.78 is 27.6. The van der Waals surface area contributed by atoms with Crippen LogP contribution in [-0.4, -0.2) is 6.54 Å². The molecule has 0 N–H and O–H groups in total. The van der Waals surface area contributed by atoms with Crippen molar-refractivity contribution >= 4 is 23.0 Å². The summed E-state index contributed by atoms with van der Waals surface area (Å²) >= 11 is 5.81. The lowest BCUT2D eigenvalue weighted by atomic mass is 10.1. The molecule has 1 nitrogen and oxygen atoms in total. The molecule has 0 saturated carbocycles. The molecule has 0 atom stereocenters. The van der Waals surface area contributed by atoms with Gasteiger partial charge in [0, 0.05) is 17.8 Å². The van der Waals surface area contributed by atoms with Crippen molar-refractivity contribution in [3.63, 3.8) is 0 Å². The van der Waals surface area contributed by atoms with Gasteiger partial charge in [-0.2, -0.15) is 0 Å². The van der Waals surface area contributed by atoms with Gasteiger partial charge in [0.05, 0.1) is 11.6 Å². The summed E-state index contributed by atoms with van der Waals surface area (Å²) in [5.74, 6) is -0.663. The van der Waals surface area contributed by atoms with Gasteiger partial charge < -0.3 is 4.90 Å². The second-order valence-electron chi connectivity index (χ2n) is 4.07. The van der Waals surface area contributed by atoms with E-state index in [2.05, 4.69) is 0 Å². The zero-order chi connectivity index (χ0) is 13.8. The molecule has 0 spiro atoms. The molecule has 0 amide bonds. The maximum absolute atomic E-state index is 13.9. The standard InChI is InChI=1S/C15H14ClF2N/c1-2-19(15-8-4-3-6-13(15)18)14-9-5-7-12(17)11(14)10-16/h3-9H,2,10H2,1H3. The first-order valence-electron chi connectivity index (χ1n) is 6.04. The van der Waals surface area contributed by atoms with Gasteiger partial charge in [0.1, 0.15) is 11.6 Å². The lowest BCUT2D eigenvalue weighted by Gasteiger charge is -2.26. The Morgan fingerprint density at radius 1 is 0.947 bits per heavy atom. The number of halogens is 3. The molecule has 2 rings (SSSR count). The second kappa shape index (κ2) is 6.02. The van der Waals surface area contributed by atoms with Crippen molar-refractivity contribution < 1.29 is 8.78 Å². The number of benzene rings is 2. The molecule has 0 unspecified atom stereocenters. The summed E-state index contributed by atoms with van der Waals surface area (Å²) in [6.07, 6.45) is 0. The Hall–Kier alpha value is -1.61. The van der Waals surface area contributed by atoms with Crippen molar-refractivity contribution in [1.82, 2.24) is 0 Å². The quantitative estimate of drug-likeness (QED) is 0.723. The van der Waals surface area contributed by atoms with Crippen LogP contribution in [0.5, 0.6) is 0 Å². The first-order valence-corrected chi connectivity index (χ1v) is 6.58. The normalized spacial score (nSPS) is 10.5. The number of anilines is 2. The SMILES string of the molecule is CCN(c1ccccc1F)c1cccc(F)c1CCl. The highest BCUT2D eigenvalue weighted by molar-refractivity contribution is 6.17. The fraction of sp³-hybridized carbons (Fsp3) is 0.200. The Balaban J connectivity index is 2.55. The number of hydrogen-bond acceptors (Lipinski definition) is 1. The minimum atomic E-state index is -0.373. The minimum absolute atomic E-state index is 0.0486. The molecule has 100 valence electrons. The van der Waals surface area contributed by atoms with Gasteiger partial charge in [-0.15, -0.1) is 11.6 Å². The van der Waals surface area contributed by atoms with Crippen molar-refractivity contribution in [2.45, 2.75) is 12.8 Å². The van der Waals surface area contributed by atoms with Crippen molar-refractivity contribution in [2.24, 2.45) is 0 Å². The molecule has 0 aliphatic heterocycles. The third-order valence-electron chi connectivity index (χ3n) is 2.98. The molecule has 0 radical (unpaired) electrons. The van der Waals surface area contributed by atoms with Gasteiger partial charge in [-0.05, 0) is 31.2 Å². The van der Waals surface area contributed by atoms with E-state index in [-0.39, 0.29) is 17.5 Å². The third-order valence-corrected chi connectivity index (χ3v) is 3.25. The third kappa shape index (κ3) is 2.71. The van der Waals surface area contributed by atoms with Crippen LogP contribution in [0.1, 0.15) is 12.5 Å². The van der Waals surface area contributed by atoms with Gasteiger partial charge in [-0.1, -0.05) is 18.2 Å². The van der Waals surface area contributed by atoms with E-state index >= 15 is 0 Å². The highest BCUT2D eigenvalue weighted by Gasteiger charge is 2.16.